The van der Waals surface area contributed by atoms with Crippen LogP contribution in [0.3, 0.4) is 0 Å². The van der Waals surface area contributed by atoms with Crippen LogP contribution in [0.15, 0.2) is 9.70 Å². The molecule has 2 aliphatic rings. The number of pyridine rings is 1. The highest BCUT2D eigenvalue weighted by atomic mass is 32.2. The van der Waals surface area contributed by atoms with Crippen molar-refractivity contribution in [3.63, 3.8) is 0 Å². The quantitative estimate of drug-likeness (QED) is 0.537. The van der Waals surface area contributed by atoms with Gasteiger partial charge in [-0.3, -0.25) is 19.1 Å². The molecule has 148 valence electrons. The Morgan fingerprint density at radius 1 is 1.25 bits per heavy atom. The summed E-state index contributed by atoms with van der Waals surface area (Å²) in [5, 5.41) is 9.51. The highest BCUT2D eigenvalue weighted by molar-refractivity contribution is 8.26. The Morgan fingerprint density at radius 3 is 2.36 bits per heavy atom. The summed E-state index contributed by atoms with van der Waals surface area (Å²) in [6.07, 6.45) is 1.74. The summed E-state index contributed by atoms with van der Waals surface area (Å²) >= 11 is 6.44. The number of anilines is 1. The van der Waals surface area contributed by atoms with Gasteiger partial charge >= 0.3 is 0 Å². The van der Waals surface area contributed by atoms with Crippen LogP contribution in [-0.2, 0) is 16.6 Å². The number of rotatable bonds is 2. The molecular formula is C19H22N4O3S2. The molecule has 0 radical (unpaired) electrons. The largest absolute Gasteiger partial charge is 0.372 e. The number of aromatic nitrogens is 1. The number of hydrogen-bond acceptors (Lipinski definition) is 7. The molecule has 1 aromatic heterocycles. The smallest absolute Gasteiger partial charge is 0.270 e. The standard InChI is InChI=1S/C19H22N4O3S2/c1-10-8-23(9-11(2)26-10)16-13(6-15-18(25)22(5)19(27)28-15)12(3)14(7-20)17(24)21(16)4/h6,10-11H,8-9H2,1-5H3/b15-6-. The third-order valence-electron chi connectivity index (χ3n) is 4.95. The van der Waals surface area contributed by atoms with Crippen LogP contribution in [0.5, 0.6) is 0 Å². The highest BCUT2D eigenvalue weighted by Gasteiger charge is 2.32. The zero-order chi connectivity index (χ0) is 20.7. The van der Waals surface area contributed by atoms with Gasteiger partial charge in [0.1, 0.15) is 21.8 Å². The van der Waals surface area contributed by atoms with E-state index in [1.165, 1.54) is 21.2 Å². The molecular weight excluding hydrogens is 396 g/mol. The molecule has 2 atom stereocenters. The maximum absolute atomic E-state index is 12.8. The van der Waals surface area contributed by atoms with Gasteiger partial charge in [-0.25, -0.2) is 0 Å². The fourth-order valence-electron chi connectivity index (χ4n) is 3.62. The van der Waals surface area contributed by atoms with Crippen LogP contribution in [-0.4, -0.2) is 52.0 Å². The fourth-order valence-corrected chi connectivity index (χ4v) is 4.78. The molecule has 28 heavy (non-hydrogen) atoms. The summed E-state index contributed by atoms with van der Waals surface area (Å²) in [7, 11) is 3.30. The average Bonchev–Trinajstić information content (AvgIpc) is 2.86. The number of ether oxygens (including phenoxy) is 1. The first-order valence-corrected chi connectivity index (χ1v) is 10.1. The third-order valence-corrected chi connectivity index (χ3v) is 6.43. The lowest BCUT2D eigenvalue weighted by Gasteiger charge is -2.38. The number of morpholine rings is 1. The Kier molecular flexibility index (Phi) is 5.66. The van der Waals surface area contributed by atoms with Crippen LogP contribution in [0.25, 0.3) is 6.08 Å². The summed E-state index contributed by atoms with van der Waals surface area (Å²) < 4.78 is 7.80. The summed E-state index contributed by atoms with van der Waals surface area (Å²) in [4.78, 5) is 29.3. The molecule has 1 aromatic rings. The molecule has 1 amide bonds. The van der Waals surface area contributed by atoms with Crippen molar-refractivity contribution in [3.05, 3.63) is 31.9 Å². The second-order valence-corrected chi connectivity index (χ2v) is 8.79. The zero-order valence-corrected chi connectivity index (χ0v) is 18.1. The number of nitriles is 1. The van der Waals surface area contributed by atoms with Crippen LogP contribution in [0.1, 0.15) is 30.5 Å². The van der Waals surface area contributed by atoms with Crippen LogP contribution in [0.4, 0.5) is 5.82 Å². The number of amides is 1. The number of nitrogens with zero attached hydrogens (tertiary/aromatic N) is 4. The van der Waals surface area contributed by atoms with Gasteiger partial charge in [-0.05, 0) is 32.4 Å². The SMILES string of the molecule is Cc1c(/C=C2\SC(=S)N(C)C2=O)c(N2CC(C)OC(C)C2)n(C)c(=O)c1C#N. The monoisotopic (exact) mass is 418 g/mol. The second kappa shape index (κ2) is 7.70. The van der Waals surface area contributed by atoms with Gasteiger partial charge in [-0.15, -0.1) is 0 Å². The van der Waals surface area contributed by atoms with Crippen LogP contribution in [0.2, 0.25) is 0 Å². The summed E-state index contributed by atoms with van der Waals surface area (Å²) in [5.41, 5.74) is 0.989. The first-order chi connectivity index (χ1) is 13.1. The van der Waals surface area contributed by atoms with Gasteiger partial charge in [0.25, 0.3) is 11.5 Å². The Labute approximate surface area is 173 Å². The molecule has 0 N–H and O–H groups in total. The number of thiocarbonyl (C=S) groups is 1. The molecule has 0 aliphatic carbocycles. The van der Waals surface area contributed by atoms with Gasteiger partial charge in [0, 0.05) is 32.7 Å². The van der Waals surface area contributed by atoms with Crippen LogP contribution < -0.4 is 10.5 Å². The third kappa shape index (κ3) is 3.48. The molecule has 3 rings (SSSR count). The second-order valence-electron chi connectivity index (χ2n) is 7.12. The average molecular weight is 419 g/mol. The topological polar surface area (TPSA) is 78.6 Å². The lowest BCUT2D eigenvalue weighted by molar-refractivity contribution is -0.121. The van der Waals surface area contributed by atoms with E-state index in [2.05, 4.69) is 4.90 Å². The van der Waals surface area contributed by atoms with E-state index in [1.807, 2.05) is 19.9 Å². The van der Waals surface area contributed by atoms with Crippen LogP contribution >= 0.6 is 24.0 Å². The number of hydrogen-bond donors (Lipinski definition) is 0. The molecule has 2 fully saturated rings. The Bertz CT molecular complexity index is 982. The lowest BCUT2D eigenvalue weighted by Crippen LogP contribution is -2.47. The van der Waals surface area contributed by atoms with E-state index in [0.29, 0.717) is 39.3 Å². The lowest BCUT2D eigenvalue weighted by atomic mass is 10.0. The highest BCUT2D eigenvalue weighted by Crippen LogP contribution is 2.35. The Hall–Kier alpha value is -2.15. The van der Waals surface area contributed by atoms with E-state index in [9.17, 15) is 14.9 Å². The van der Waals surface area contributed by atoms with Gasteiger partial charge < -0.3 is 9.64 Å². The van der Waals surface area contributed by atoms with Gasteiger partial charge in [-0.2, -0.15) is 5.26 Å². The molecule has 2 unspecified atom stereocenters. The molecule has 0 saturated carbocycles. The van der Waals surface area contributed by atoms with E-state index >= 15 is 0 Å². The van der Waals surface area contributed by atoms with E-state index < -0.39 is 0 Å². The summed E-state index contributed by atoms with van der Waals surface area (Å²) in [6.45, 7) is 6.94. The number of carbonyl (C=O) groups is 1. The van der Waals surface area contributed by atoms with Crippen molar-refractivity contribution in [1.29, 1.82) is 5.26 Å². The van der Waals surface area contributed by atoms with Gasteiger partial charge in [0.15, 0.2) is 0 Å². The molecule has 3 heterocycles. The summed E-state index contributed by atoms with van der Waals surface area (Å²) in [6, 6.07) is 2.01. The molecule has 0 bridgehead atoms. The van der Waals surface area contributed by atoms with E-state index in [1.54, 1.807) is 27.1 Å². The van der Waals surface area contributed by atoms with Gasteiger partial charge in [0.2, 0.25) is 0 Å². The molecule has 9 heteroatoms. The first-order valence-electron chi connectivity index (χ1n) is 8.91. The van der Waals surface area contributed by atoms with E-state index in [0.717, 1.165) is 0 Å². The van der Waals surface area contributed by atoms with Crippen molar-refractivity contribution < 1.29 is 9.53 Å². The normalized spacial score (nSPS) is 24.2. The van der Waals surface area contributed by atoms with Crippen molar-refractivity contribution in [2.75, 3.05) is 25.0 Å². The number of likely N-dealkylation sites (N-methyl/N-ethyl adjacent to an activating group) is 1. The first kappa shape index (κ1) is 20.6. The molecule has 2 aliphatic heterocycles. The van der Waals surface area contributed by atoms with Gasteiger partial charge in [0.05, 0.1) is 17.1 Å². The predicted octanol–water partition coefficient (Wildman–Crippen LogP) is 2.01. The molecule has 0 spiro atoms. The minimum Gasteiger partial charge on any atom is -0.372 e. The molecule has 7 nitrogen and oxygen atoms in total. The number of thioether (sulfide) groups is 1. The fraction of sp³-hybridized carbons (Fsp3) is 0.474. The van der Waals surface area contributed by atoms with Crippen molar-refractivity contribution in [2.45, 2.75) is 33.0 Å². The van der Waals surface area contributed by atoms with Crippen molar-refractivity contribution in [2.24, 2.45) is 7.05 Å². The van der Waals surface area contributed by atoms with E-state index in [-0.39, 0.29) is 29.2 Å². The van der Waals surface area contributed by atoms with Crippen molar-refractivity contribution >= 4 is 46.1 Å². The molecule has 2 saturated heterocycles. The minimum absolute atomic E-state index is 0.00324. The van der Waals surface area contributed by atoms with Crippen molar-refractivity contribution in [1.82, 2.24) is 9.47 Å². The Balaban J connectivity index is 2.24. The maximum Gasteiger partial charge on any atom is 0.270 e. The van der Waals surface area contributed by atoms with E-state index in [4.69, 9.17) is 17.0 Å². The maximum atomic E-state index is 12.8. The Morgan fingerprint density at radius 2 is 1.86 bits per heavy atom. The van der Waals surface area contributed by atoms with Crippen molar-refractivity contribution in [3.8, 4) is 6.07 Å². The minimum atomic E-state index is -0.345. The van der Waals surface area contributed by atoms with Gasteiger partial charge in [-0.1, -0.05) is 24.0 Å². The predicted molar refractivity (Wildman–Crippen MR) is 114 cm³/mol. The zero-order valence-electron chi connectivity index (χ0n) is 16.5. The summed E-state index contributed by atoms with van der Waals surface area (Å²) in [5.74, 6) is 0.501. The number of carbonyl (C=O) groups excluding carboxylic acids is 1. The molecule has 0 aromatic carbocycles. The van der Waals surface area contributed by atoms with Crippen LogP contribution in [0, 0.1) is 18.3 Å².